The number of nitrogens with one attached hydrogen (secondary N) is 1. The molecule has 2 fully saturated rings. The average Bonchev–Trinajstić information content (AvgIpc) is 2.81. The quantitative estimate of drug-likeness (QED) is 0.773. The van der Waals surface area contributed by atoms with Crippen molar-refractivity contribution in [3.63, 3.8) is 0 Å². The zero-order valence-electron chi connectivity index (χ0n) is 12.7. The van der Waals surface area contributed by atoms with Crippen LogP contribution in [0.4, 0.5) is 0 Å². The SMILES string of the molecule is CCC1(C)CN(CC=C(C)C)C2(CCCC2)CN1. The summed E-state index contributed by atoms with van der Waals surface area (Å²) in [5.41, 5.74) is 2.21. The number of nitrogens with zero attached hydrogens (tertiary/aromatic N) is 1. The summed E-state index contributed by atoms with van der Waals surface area (Å²) in [7, 11) is 0. The lowest BCUT2D eigenvalue weighted by molar-refractivity contribution is 0.0214. The molecule has 1 atom stereocenters. The number of rotatable bonds is 3. The summed E-state index contributed by atoms with van der Waals surface area (Å²) >= 11 is 0. The molecule has 2 aliphatic rings. The van der Waals surface area contributed by atoms with Gasteiger partial charge in [-0.1, -0.05) is 31.4 Å². The number of piperazine rings is 1. The maximum Gasteiger partial charge on any atom is 0.0338 e. The minimum atomic E-state index is 0.309. The van der Waals surface area contributed by atoms with Gasteiger partial charge in [-0.25, -0.2) is 0 Å². The van der Waals surface area contributed by atoms with Crippen molar-refractivity contribution < 1.29 is 0 Å². The number of hydrogen-bond donors (Lipinski definition) is 1. The van der Waals surface area contributed by atoms with Crippen LogP contribution in [0.5, 0.6) is 0 Å². The standard InChI is InChI=1S/C16H30N2/c1-5-15(4)13-18(11-8-14(2)3)16(12-17-15)9-6-7-10-16/h8,17H,5-7,9-13H2,1-4H3. The number of hydrogen-bond acceptors (Lipinski definition) is 2. The highest BCUT2D eigenvalue weighted by Crippen LogP contribution is 2.38. The van der Waals surface area contributed by atoms with Gasteiger partial charge in [0.25, 0.3) is 0 Å². The van der Waals surface area contributed by atoms with Gasteiger partial charge in [-0.05, 0) is 40.0 Å². The molecule has 1 spiro atoms. The van der Waals surface area contributed by atoms with E-state index in [9.17, 15) is 0 Å². The molecule has 2 heteroatoms. The molecule has 0 amide bonds. The first-order valence-corrected chi connectivity index (χ1v) is 7.63. The molecule has 1 aliphatic heterocycles. The predicted octanol–water partition coefficient (Wildman–Crippen LogP) is 3.34. The summed E-state index contributed by atoms with van der Waals surface area (Å²) in [4.78, 5) is 2.77. The van der Waals surface area contributed by atoms with Crippen molar-refractivity contribution in [3.05, 3.63) is 11.6 Å². The van der Waals surface area contributed by atoms with Gasteiger partial charge in [-0.15, -0.1) is 0 Å². The molecular weight excluding hydrogens is 220 g/mol. The van der Waals surface area contributed by atoms with E-state index < -0.39 is 0 Å². The molecule has 1 N–H and O–H groups in total. The lowest BCUT2D eigenvalue weighted by atomic mass is 9.85. The predicted molar refractivity (Wildman–Crippen MR) is 78.9 cm³/mol. The van der Waals surface area contributed by atoms with Gasteiger partial charge in [0.05, 0.1) is 0 Å². The molecule has 104 valence electrons. The van der Waals surface area contributed by atoms with E-state index in [1.807, 2.05) is 0 Å². The second-order valence-electron chi connectivity index (χ2n) is 6.86. The minimum Gasteiger partial charge on any atom is -0.308 e. The third kappa shape index (κ3) is 2.80. The van der Waals surface area contributed by atoms with Gasteiger partial charge >= 0.3 is 0 Å². The molecule has 18 heavy (non-hydrogen) atoms. The van der Waals surface area contributed by atoms with Crippen molar-refractivity contribution in [2.24, 2.45) is 0 Å². The van der Waals surface area contributed by atoms with E-state index in [1.165, 1.54) is 50.8 Å². The van der Waals surface area contributed by atoms with Crippen molar-refractivity contribution in [2.75, 3.05) is 19.6 Å². The molecule has 1 saturated carbocycles. The lowest BCUT2D eigenvalue weighted by Gasteiger charge is -2.52. The van der Waals surface area contributed by atoms with Crippen molar-refractivity contribution in [3.8, 4) is 0 Å². The van der Waals surface area contributed by atoms with Crippen molar-refractivity contribution in [1.82, 2.24) is 10.2 Å². The van der Waals surface area contributed by atoms with Crippen molar-refractivity contribution in [1.29, 1.82) is 0 Å². The van der Waals surface area contributed by atoms with Crippen molar-refractivity contribution in [2.45, 2.75) is 70.9 Å². The van der Waals surface area contributed by atoms with Crippen LogP contribution in [0, 0.1) is 0 Å². The van der Waals surface area contributed by atoms with E-state index in [0.717, 1.165) is 6.54 Å². The normalized spacial score (nSPS) is 31.8. The summed E-state index contributed by atoms with van der Waals surface area (Å²) in [5.74, 6) is 0. The van der Waals surface area contributed by atoms with Crippen LogP contribution in [0.2, 0.25) is 0 Å². The highest BCUT2D eigenvalue weighted by molar-refractivity contribution is 5.08. The molecule has 1 heterocycles. The smallest absolute Gasteiger partial charge is 0.0338 e. The topological polar surface area (TPSA) is 15.3 Å². The lowest BCUT2D eigenvalue weighted by Crippen LogP contribution is -2.68. The van der Waals surface area contributed by atoms with Crippen LogP contribution in [0.1, 0.15) is 59.8 Å². The van der Waals surface area contributed by atoms with Crippen LogP contribution in [0.25, 0.3) is 0 Å². The maximum atomic E-state index is 3.83. The highest BCUT2D eigenvalue weighted by atomic mass is 15.3. The Hall–Kier alpha value is -0.340. The Morgan fingerprint density at radius 3 is 2.50 bits per heavy atom. The Balaban J connectivity index is 2.13. The van der Waals surface area contributed by atoms with Crippen LogP contribution in [0.15, 0.2) is 11.6 Å². The van der Waals surface area contributed by atoms with Crippen LogP contribution >= 0.6 is 0 Å². The molecule has 0 aromatic rings. The Kier molecular flexibility index (Phi) is 4.18. The van der Waals surface area contributed by atoms with E-state index in [-0.39, 0.29) is 0 Å². The maximum absolute atomic E-state index is 3.83. The Morgan fingerprint density at radius 1 is 1.28 bits per heavy atom. The van der Waals surface area contributed by atoms with E-state index in [0.29, 0.717) is 11.1 Å². The number of allylic oxidation sites excluding steroid dienone is 1. The third-order valence-corrected chi connectivity index (χ3v) is 5.09. The molecule has 2 rings (SSSR count). The van der Waals surface area contributed by atoms with Crippen LogP contribution < -0.4 is 5.32 Å². The zero-order chi connectivity index (χ0) is 13.2. The largest absolute Gasteiger partial charge is 0.308 e. The first-order chi connectivity index (χ1) is 8.50. The van der Waals surface area contributed by atoms with E-state index in [4.69, 9.17) is 0 Å². The fourth-order valence-electron chi connectivity index (χ4n) is 3.45. The van der Waals surface area contributed by atoms with E-state index >= 15 is 0 Å². The monoisotopic (exact) mass is 250 g/mol. The third-order valence-electron chi connectivity index (χ3n) is 5.09. The van der Waals surface area contributed by atoms with Gasteiger partial charge in [0.2, 0.25) is 0 Å². The van der Waals surface area contributed by atoms with Gasteiger partial charge in [0, 0.05) is 30.7 Å². The van der Waals surface area contributed by atoms with Gasteiger partial charge in [-0.2, -0.15) is 0 Å². The van der Waals surface area contributed by atoms with Gasteiger partial charge in [0.1, 0.15) is 0 Å². The van der Waals surface area contributed by atoms with Gasteiger partial charge in [-0.3, -0.25) is 4.90 Å². The molecule has 0 aromatic heterocycles. The first-order valence-electron chi connectivity index (χ1n) is 7.63. The van der Waals surface area contributed by atoms with Gasteiger partial charge in [0.15, 0.2) is 0 Å². The molecule has 1 saturated heterocycles. The first kappa shape index (κ1) is 14.1. The summed E-state index contributed by atoms with van der Waals surface area (Å²) in [6.45, 7) is 12.6. The summed E-state index contributed by atoms with van der Waals surface area (Å²) in [6, 6.07) is 0. The molecule has 2 nitrogen and oxygen atoms in total. The van der Waals surface area contributed by atoms with Crippen LogP contribution in [-0.4, -0.2) is 35.6 Å². The minimum absolute atomic E-state index is 0.309. The summed E-state index contributed by atoms with van der Waals surface area (Å²) < 4.78 is 0. The van der Waals surface area contributed by atoms with E-state index in [1.54, 1.807) is 0 Å². The summed E-state index contributed by atoms with van der Waals surface area (Å²) in [6.07, 6.45) is 9.22. The zero-order valence-corrected chi connectivity index (χ0v) is 12.7. The van der Waals surface area contributed by atoms with Crippen LogP contribution in [0.3, 0.4) is 0 Å². The average molecular weight is 250 g/mol. The molecule has 0 radical (unpaired) electrons. The molecule has 0 aromatic carbocycles. The van der Waals surface area contributed by atoms with Gasteiger partial charge < -0.3 is 5.32 Å². The molecule has 1 aliphatic carbocycles. The second kappa shape index (κ2) is 5.34. The fourth-order valence-corrected chi connectivity index (χ4v) is 3.45. The molecule has 1 unspecified atom stereocenters. The van der Waals surface area contributed by atoms with Crippen molar-refractivity contribution >= 4 is 0 Å². The van der Waals surface area contributed by atoms with Crippen LogP contribution in [-0.2, 0) is 0 Å². The second-order valence-corrected chi connectivity index (χ2v) is 6.86. The molecular formula is C16H30N2. The summed E-state index contributed by atoms with van der Waals surface area (Å²) in [5, 5.41) is 3.83. The Morgan fingerprint density at radius 2 is 1.94 bits per heavy atom. The Bertz CT molecular complexity index is 311. The fraction of sp³-hybridized carbons (Fsp3) is 0.875. The molecule has 0 bridgehead atoms. The van der Waals surface area contributed by atoms with E-state index in [2.05, 4.69) is 44.0 Å². The Labute approximate surface area is 113 Å². The highest BCUT2D eigenvalue weighted by Gasteiger charge is 2.45.